The van der Waals surface area contributed by atoms with Gasteiger partial charge in [0.25, 0.3) is 0 Å². The number of nitrogens with one attached hydrogen (secondary N) is 1. The zero-order valence-corrected chi connectivity index (χ0v) is 10.5. The van der Waals surface area contributed by atoms with Crippen molar-refractivity contribution in [2.24, 2.45) is 0 Å². The molecule has 0 unspecified atom stereocenters. The SMILES string of the molecule is O=C(O)c1nc2c([nH]1)CN(Cc1ccccc1)CC2. The van der Waals surface area contributed by atoms with Gasteiger partial charge in [-0.05, 0) is 5.56 Å². The van der Waals surface area contributed by atoms with Crippen LogP contribution in [0.1, 0.15) is 27.6 Å². The van der Waals surface area contributed by atoms with E-state index in [1.54, 1.807) is 0 Å². The first-order valence-electron chi connectivity index (χ1n) is 6.29. The van der Waals surface area contributed by atoms with Crippen LogP contribution in [0.25, 0.3) is 0 Å². The third kappa shape index (κ3) is 2.51. The normalized spacial score (nSPS) is 15.2. The summed E-state index contributed by atoms with van der Waals surface area (Å²) in [5.74, 6) is -0.949. The van der Waals surface area contributed by atoms with E-state index in [0.717, 1.165) is 37.4 Å². The molecule has 0 fully saturated rings. The molecule has 0 atom stereocenters. The monoisotopic (exact) mass is 257 g/mol. The van der Waals surface area contributed by atoms with Gasteiger partial charge >= 0.3 is 5.97 Å². The number of carbonyl (C=O) groups is 1. The number of rotatable bonds is 3. The summed E-state index contributed by atoms with van der Waals surface area (Å²) in [6.45, 7) is 2.51. The van der Waals surface area contributed by atoms with Crippen molar-refractivity contribution in [2.45, 2.75) is 19.5 Å². The molecule has 0 saturated heterocycles. The summed E-state index contributed by atoms with van der Waals surface area (Å²) in [4.78, 5) is 20.2. The number of H-pyrrole nitrogens is 1. The Morgan fingerprint density at radius 2 is 2.16 bits per heavy atom. The molecule has 0 spiro atoms. The van der Waals surface area contributed by atoms with Gasteiger partial charge in [-0.3, -0.25) is 4.90 Å². The van der Waals surface area contributed by atoms with Crippen LogP contribution in [0.4, 0.5) is 0 Å². The van der Waals surface area contributed by atoms with E-state index in [-0.39, 0.29) is 5.82 Å². The standard InChI is InChI=1S/C14H15N3O2/c18-14(19)13-15-11-6-7-17(9-12(11)16-13)8-10-4-2-1-3-5-10/h1-5H,6-9H2,(H,15,16)(H,18,19). The van der Waals surface area contributed by atoms with Crippen LogP contribution in [-0.2, 0) is 19.5 Å². The van der Waals surface area contributed by atoms with Crippen LogP contribution >= 0.6 is 0 Å². The molecule has 3 rings (SSSR count). The van der Waals surface area contributed by atoms with Crippen LogP contribution in [-0.4, -0.2) is 32.5 Å². The molecule has 5 nitrogen and oxygen atoms in total. The number of hydrogen-bond acceptors (Lipinski definition) is 3. The van der Waals surface area contributed by atoms with Gasteiger partial charge in [-0.15, -0.1) is 0 Å². The summed E-state index contributed by atoms with van der Waals surface area (Å²) in [6.07, 6.45) is 0.798. The van der Waals surface area contributed by atoms with Crippen LogP contribution in [0, 0.1) is 0 Å². The lowest BCUT2D eigenvalue weighted by molar-refractivity contribution is 0.0684. The summed E-state index contributed by atoms with van der Waals surface area (Å²) < 4.78 is 0. The highest BCUT2D eigenvalue weighted by molar-refractivity contribution is 5.83. The van der Waals surface area contributed by atoms with E-state index in [0.29, 0.717) is 0 Å². The molecule has 2 N–H and O–H groups in total. The summed E-state index contributed by atoms with van der Waals surface area (Å²) in [7, 11) is 0. The summed E-state index contributed by atoms with van der Waals surface area (Å²) >= 11 is 0. The quantitative estimate of drug-likeness (QED) is 0.877. The molecule has 98 valence electrons. The number of carboxylic acid groups (broad SMARTS) is 1. The van der Waals surface area contributed by atoms with E-state index in [4.69, 9.17) is 5.11 Å². The smallest absolute Gasteiger partial charge is 0.371 e. The first kappa shape index (κ1) is 11.9. The minimum absolute atomic E-state index is 0.0477. The maximum Gasteiger partial charge on any atom is 0.371 e. The molecule has 5 heteroatoms. The Balaban J connectivity index is 1.73. The maximum atomic E-state index is 10.9. The first-order chi connectivity index (χ1) is 9.22. The minimum atomic E-state index is -0.996. The van der Waals surface area contributed by atoms with Crippen molar-refractivity contribution in [3.05, 3.63) is 53.1 Å². The topological polar surface area (TPSA) is 69.2 Å². The van der Waals surface area contributed by atoms with Crippen molar-refractivity contribution in [1.82, 2.24) is 14.9 Å². The molecule has 2 aromatic rings. The van der Waals surface area contributed by atoms with Gasteiger partial charge < -0.3 is 10.1 Å². The van der Waals surface area contributed by atoms with E-state index >= 15 is 0 Å². The van der Waals surface area contributed by atoms with Crippen molar-refractivity contribution < 1.29 is 9.90 Å². The summed E-state index contributed by atoms with van der Waals surface area (Å²) in [5.41, 5.74) is 3.09. The summed E-state index contributed by atoms with van der Waals surface area (Å²) in [5, 5.41) is 8.93. The number of aromatic nitrogens is 2. The molecule has 19 heavy (non-hydrogen) atoms. The molecule has 1 aromatic carbocycles. The van der Waals surface area contributed by atoms with Crippen LogP contribution in [0.3, 0.4) is 0 Å². The fraction of sp³-hybridized carbons (Fsp3) is 0.286. The Hall–Kier alpha value is -2.14. The Morgan fingerprint density at radius 1 is 1.37 bits per heavy atom. The van der Waals surface area contributed by atoms with Crippen LogP contribution in [0.15, 0.2) is 30.3 Å². The largest absolute Gasteiger partial charge is 0.475 e. The molecule has 2 heterocycles. The van der Waals surface area contributed by atoms with Crippen molar-refractivity contribution in [1.29, 1.82) is 0 Å². The average Bonchev–Trinajstić information content (AvgIpc) is 2.83. The Bertz CT molecular complexity index is 592. The molecular weight excluding hydrogens is 242 g/mol. The highest BCUT2D eigenvalue weighted by Gasteiger charge is 2.22. The van der Waals surface area contributed by atoms with Gasteiger partial charge in [0, 0.05) is 26.1 Å². The maximum absolute atomic E-state index is 10.9. The van der Waals surface area contributed by atoms with Crippen LogP contribution in [0.2, 0.25) is 0 Å². The number of fused-ring (bicyclic) bond motifs is 1. The van der Waals surface area contributed by atoms with Gasteiger partial charge in [0.2, 0.25) is 5.82 Å². The number of imidazole rings is 1. The number of carboxylic acids is 1. The molecular formula is C14H15N3O2. The highest BCUT2D eigenvalue weighted by atomic mass is 16.4. The van der Waals surface area contributed by atoms with Crippen molar-refractivity contribution in [3.8, 4) is 0 Å². The lowest BCUT2D eigenvalue weighted by atomic mass is 10.1. The fourth-order valence-corrected chi connectivity index (χ4v) is 2.43. The number of benzene rings is 1. The van der Waals surface area contributed by atoms with Crippen molar-refractivity contribution >= 4 is 5.97 Å². The van der Waals surface area contributed by atoms with Gasteiger partial charge in [0.15, 0.2) is 0 Å². The Kier molecular flexibility index (Phi) is 3.05. The lowest BCUT2D eigenvalue weighted by Gasteiger charge is -2.25. The number of nitrogens with zero attached hydrogens (tertiary/aromatic N) is 2. The van der Waals surface area contributed by atoms with E-state index in [1.807, 2.05) is 18.2 Å². The molecule has 1 aromatic heterocycles. The van der Waals surface area contributed by atoms with Crippen LogP contribution < -0.4 is 0 Å². The predicted molar refractivity (Wildman–Crippen MR) is 69.8 cm³/mol. The lowest BCUT2D eigenvalue weighted by Crippen LogP contribution is -2.30. The number of aromatic amines is 1. The fourth-order valence-electron chi connectivity index (χ4n) is 2.43. The third-order valence-electron chi connectivity index (χ3n) is 3.36. The van der Waals surface area contributed by atoms with Crippen molar-refractivity contribution in [3.63, 3.8) is 0 Å². The summed E-state index contributed by atoms with van der Waals surface area (Å²) in [6, 6.07) is 10.3. The van der Waals surface area contributed by atoms with Gasteiger partial charge in [0.05, 0.1) is 11.4 Å². The molecule has 0 aliphatic carbocycles. The highest BCUT2D eigenvalue weighted by Crippen LogP contribution is 2.18. The van der Waals surface area contributed by atoms with Crippen molar-refractivity contribution in [2.75, 3.05) is 6.54 Å². The number of hydrogen-bond donors (Lipinski definition) is 2. The van der Waals surface area contributed by atoms with E-state index in [9.17, 15) is 4.79 Å². The average molecular weight is 257 g/mol. The molecule has 0 saturated carbocycles. The first-order valence-corrected chi connectivity index (χ1v) is 6.29. The molecule has 1 aliphatic rings. The van der Waals surface area contributed by atoms with Gasteiger partial charge in [0.1, 0.15) is 0 Å². The van der Waals surface area contributed by atoms with E-state index < -0.39 is 5.97 Å². The molecule has 0 amide bonds. The Morgan fingerprint density at radius 3 is 2.89 bits per heavy atom. The molecule has 0 bridgehead atoms. The molecule has 0 radical (unpaired) electrons. The second-order valence-electron chi connectivity index (χ2n) is 4.76. The van der Waals surface area contributed by atoms with E-state index in [2.05, 4.69) is 27.0 Å². The van der Waals surface area contributed by atoms with Crippen LogP contribution in [0.5, 0.6) is 0 Å². The van der Waals surface area contributed by atoms with E-state index in [1.165, 1.54) is 5.56 Å². The second kappa shape index (κ2) is 4.85. The third-order valence-corrected chi connectivity index (χ3v) is 3.36. The molecule has 1 aliphatic heterocycles. The zero-order valence-electron chi connectivity index (χ0n) is 10.5. The van der Waals surface area contributed by atoms with Gasteiger partial charge in [-0.2, -0.15) is 0 Å². The zero-order chi connectivity index (χ0) is 13.2. The second-order valence-corrected chi connectivity index (χ2v) is 4.76. The van der Waals surface area contributed by atoms with Gasteiger partial charge in [-0.25, -0.2) is 9.78 Å². The Labute approximate surface area is 110 Å². The predicted octanol–water partition coefficient (Wildman–Crippen LogP) is 1.67. The van der Waals surface area contributed by atoms with Gasteiger partial charge in [-0.1, -0.05) is 30.3 Å². The number of aromatic carboxylic acids is 1. The minimum Gasteiger partial charge on any atom is -0.475 e.